The Morgan fingerprint density at radius 3 is 2.32 bits per heavy atom. The van der Waals surface area contributed by atoms with E-state index in [4.69, 9.17) is 0 Å². The number of phenols is 2. The summed E-state index contributed by atoms with van der Waals surface area (Å²) in [5.74, 6) is -3.84. The second-order valence-corrected chi connectivity index (χ2v) is 13.0. The largest absolute Gasteiger partial charge is 0.508 e. The van der Waals surface area contributed by atoms with Crippen LogP contribution in [0.3, 0.4) is 0 Å². The lowest BCUT2D eigenvalue weighted by atomic mass is 9.89. The van der Waals surface area contributed by atoms with Crippen molar-refractivity contribution >= 4 is 21.9 Å². The molecule has 0 bridgehead atoms. The third-order valence-electron chi connectivity index (χ3n) is 7.99. The number of halogens is 5. The summed E-state index contributed by atoms with van der Waals surface area (Å²) in [6.07, 6.45) is 3.26. The van der Waals surface area contributed by atoms with E-state index in [1.165, 1.54) is 27.7 Å². The highest BCUT2D eigenvalue weighted by Gasteiger charge is 2.56. The van der Waals surface area contributed by atoms with Crippen LogP contribution in [-0.2, 0) is 17.2 Å². The van der Waals surface area contributed by atoms with Crippen LogP contribution in [0.4, 0.5) is 22.0 Å². The van der Waals surface area contributed by atoms with Gasteiger partial charge in [0.2, 0.25) is 0 Å². The lowest BCUT2D eigenvalue weighted by Crippen LogP contribution is -2.35. The number of aryl methyl sites for hydroxylation is 1. The van der Waals surface area contributed by atoms with Gasteiger partial charge in [0.15, 0.2) is 0 Å². The molecule has 0 aromatic heterocycles. The standard InChI is InChI=1S/C34H44F5NO3S/c1-40(21-7-9-23-44(43)22-8-5-19-33(35,36)34(37,38)39)20-6-3-2-4-15-32-30(26-12-10-14-28(41)24-26)16-11-13-27-25-29(42)17-18-31(27)32/h8,10,12,14,17-18,22,24-25,41-42H,2-7,9,11,13,15-16,19-21,23H2,1H3/b22-8+. The minimum Gasteiger partial charge on any atom is -0.508 e. The Bertz CT molecular complexity index is 1290. The fraction of sp³-hybridized carbons (Fsp3) is 0.529. The molecule has 1 aliphatic carbocycles. The molecular formula is C34H44F5NO3S. The number of alkyl halides is 5. The van der Waals surface area contributed by atoms with Crippen LogP contribution in [-0.4, -0.2) is 57.3 Å². The van der Waals surface area contributed by atoms with Crippen molar-refractivity contribution in [3.05, 3.63) is 70.6 Å². The Kier molecular flexibility index (Phi) is 13.9. The Morgan fingerprint density at radius 1 is 0.886 bits per heavy atom. The van der Waals surface area contributed by atoms with Crippen molar-refractivity contribution in [1.29, 1.82) is 0 Å². The van der Waals surface area contributed by atoms with Crippen molar-refractivity contribution in [2.24, 2.45) is 0 Å². The Hall–Kier alpha value is -2.72. The molecule has 44 heavy (non-hydrogen) atoms. The van der Waals surface area contributed by atoms with Gasteiger partial charge in [0, 0.05) is 23.0 Å². The van der Waals surface area contributed by atoms with Gasteiger partial charge < -0.3 is 15.1 Å². The molecule has 0 radical (unpaired) electrons. The second-order valence-electron chi connectivity index (χ2n) is 11.6. The molecule has 1 unspecified atom stereocenters. The number of hydrogen-bond acceptors (Lipinski definition) is 4. The van der Waals surface area contributed by atoms with Crippen LogP contribution < -0.4 is 0 Å². The quantitative estimate of drug-likeness (QED) is 0.134. The molecule has 0 heterocycles. The number of nitrogens with zero attached hydrogens (tertiary/aromatic N) is 1. The first kappa shape index (κ1) is 35.8. The van der Waals surface area contributed by atoms with Gasteiger partial charge >= 0.3 is 12.1 Å². The Balaban J connectivity index is 1.37. The summed E-state index contributed by atoms with van der Waals surface area (Å²) >= 11 is 0. The van der Waals surface area contributed by atoms with E-state index in [9.17, 15) is 36.4 Å². The number of fused-ring (bicyclic) bond motifs is 1. The molecule has 1 aliphatic rings. The minimum absolute atomic E-state index is 0.256. The summed E-state index contributed by atoms with van der Waals surface area (Å²) in [4.78, 5) is 2.23. The number of hydrogen-bond donors (Lipinski definition) is 2. The summed E-state index contributed by atoms with van der Waals surface area (Å²) in [5.41, 5.74) is 5.98. The molecule has 0 spiro atoms. The van der Waals surface area contributed by atoms with Gasteiger partial charge in [-0.25, -0.2) is 0 Å². The third-order valence-corrected chi connectivity index (χ3v) is 9.17. The second kappa shape index (κ2) is 17.1. The van der Waals surface area contributed by atoms with Gasteiger partial charge in [-0.3, -0.25) is 4.21 Å². The molecule has 4 nitrogen and oxygen atoms in total. The number of phenolic OH excluding ortho intramolecular Hbond substituents is 2. The molecule has 3 rings (SSSR count). The number of allylic oxidation sites excluding steroid dienone is 3. The average Bonchev–Trinajstić information content (AvgIpc) is 3.13. The van der Waals surface area contributed by atoms with Crippen LogP contribution in [0.25, 0.3) is 11.1 Å². The molecule has 0 amide bonds. The predicted molar refractivity (Wildman–Crippen MR) is 168 cm³/mol. The Labute approximate surface area is 260 Å². The number of aromatic hydroxyl groups is 2. The van der Waals surface area contributed by atoms with Gasteiger partial charge in [0.05, 0.1) is 0 Å². The van der Waals surface area contributed by atoms with E-state index >= 15 is 0 Å². The Morgan fingerprint density at radius 2 is 1.59 bits per heavy atom. The molecule has 2 aromatic rings. The van der Waals surface area contributed by atoms with Crippen molar-refractivity contribution in [2.45, 2.75) is 89.1 Å². The van der Waals surface area contributed by atoms with Crippen molar-refractivity contribution in [1.82, 2.24) is 4.90 Å². The number of unbranched alkanes of at least 4 members (excludes halogenated alkanes) is 4. The maximum atomic E-state index is 12.9. The first-order valence-electron chi connectivity index (χ1n) is 15.4. The monoisotopic (exact) mass is 641 g/mol. The smallest absolute Gasteiger partial charge is 0.453 e. The SMILES string of the molecule is CN(CCCCCCC1=C(c2cccc(O)c2)CCCc2cc(O)ccc21)CCCCS(=O)/C=C/CCC(F)(F)C(F)(F)F. The van der Waals surface area contributed by atoms with Crippen LogP contribution in [0.5, 0.6) is 11.5 Å². The van der Waals surface area contributed by atoms with Gasteiger partial charge in [0.25, 0.3) is 0 Å². The van der Waals surface area contributed by atoms with E-state index in [0.717, 1.165) is 82.5 Å². The number of rotatable bonds is 17. The van der Waals surface area contributed by atoms with E-state index in [1.807, 2.05) is 31.3 Å². The molecule has 244 valence electrons. The van der Waals surface area contributed by atoms with Crippen LogP contribution in [0, 0.1) is 0 Å². The molecule has 0 saturated carbocycles. The van der Waals surface area contributed by atoms with Crippen LogP contribution in [0.1, 0.15) is 87.3 Å². The van der Waals surface area contributed by atoms with Crippen LogP contribution in [0.15, 0.2) is 53.9 Å². The fourth-order valence-corrected chi connectivity index (χ4v) is 6.55. The van der Waals surface area contributed by atoms with Crippen molar-refractivity contribution in [3.63, 3.8) is 0 Å². The highest BCUT2D eigenvalue weighted by molar-refractivity contribution is 7.87. The lowest BCUT2D eigenvalue weighted by Gasteiger charge is -2.18. The van der Waals surface area contributed by atoms with Crippen molar-refractivity contribution < 1.29 is 36.4 Å². The molecule has 2 N–H and O–H groups in total. The van der Waals surface area contributed by atoms with E-state index < -0.39 is 35.7 Å². The van der Waals surface area contributed by atoms with Gasteiger partial charge in [-0.05, 0) is 135 Å². The normalized spacial score (nSPS) is 15.2. The summed E-state index contributed by atoms with van der Waals surface area (Å²) in [7, 11) is 0.662. The third kappa shape index (κ3) is 11.3. The zero-order valence-electron chi connectivity index (χ0n) is 25.4. The summed E-state index contributed by atoms with van der Waals surface area (Å²) in [6, 6.07) is 13.1. The number of benzene rings is 2. The van der Waals surface area contributed by atoms with E-state index in [2.05, 4.69) is 11.0 Å². The fourth-order valence-electron chi connectivity index (χ4n) is 5.57. The maximum Gasteiger partial charge on any atom is 0.453 e. The summed E-state index contributed by atoms with van der Waals surface area (Å²) in [6.45, 7) is 1.78. The predicted octanol–water partition coefficient (Wildman–Crippen LogP) is 9.25. The molecular weight excluding hydrogens is 597 g/mol. The van der Waals surface area contributed by atoms with Crippen LogP contribution in [0.2, 0.25) is 0 Å². The van der Waals surface area contributed by atoms with E-state index in [0.29, 0.717) is 12.2 Å². The summed E-state index contributed by atoms with van der Waals surface area (Å²) < 4.78 is 74.4. The minimum atomic E-state index is -5.56. The first-order chi connectivity index (χ1) is 20.9. The molecule has 2 aromatic carbocycles. The van der Waals surface area contributed by atoms with E-state index in [-0.39, 0.29) is 11.5 Å². The first-order valence-corrected chi connectivity index (χ1v) is 16.8. The van der Waals surface area contributed by atoms with Gasteiger partial charge in [-0.2, -0.15) is 22.0 Å². The zero-order chi connectivity index (χ0) is 32.2. The van der Waals surface area contributed by atoms with Crippen LogP contribution >= 0.6 is 0 Å². The van der Waals surface area contributed by atoms with Gasteiger partial charge in [0.1, 0.15) is 11.5 Å². The maximum absolute atomic E-state index is 12.9. The highest BCUT2D eigenvalue weighted by Crippen LogP contribution is 2.41. The zero-order valence-corrected chi connectivity index (χ0v) is 26.2. The molecule has 0 aliphatic heterocycles. The topological polar surface area (TPSA) is 60.8 Å². The lowest BCUT2D eigenvalue weighted by molar-refractivity contribution is -0.283. The molecule has 0 fully saturated rings. The van der Waals surface area contributed by atoms with Crippen molar-refractivity contribution in [3.8, 4) is 11.5 Å². The molecule has 1 atom stereocenters. The average molecular weight is 642 g/mol. The summed E-state index contributed by atoms with van der Waals surface area (Å²) in [5, 5.41) is 21.4. The van der Waals surface area contributed by atoms with Gasteiger partial charge in [-0.1, -0.05) is 37.1 Å². The van der Waals surface area contributed by atoms with Gasteiger partial charge in [-0.15, -0.1) is 0 Å². The van der Waals surface area contributed by atoms with Crippen molar-refractivity contribution in [2.75, 3.05) is 25.9 Å². The molecule has 10 heteroatoms. The molecule has 0 saturated heterocycles. The highest BCUT2D eigenvalue weighted by atomic mass is 32.2. The van der Waals surface area contributed by atoms with E-state index in [1.54, 1.807) is 12.1 Å².